The van der Waals surface area contributed by atoms with Gasteiger partial charge in [-0.3, -0.25) is 14.9 Å². The van der Waals surface area contributed by atoms with Crippen LogP contribution in [0.25, 0.3) is 22.2 Å². The number of anilines is 1. The zero-order valence-electron chi connectivity index (χ0n) is 15.3. The van der Waals surface area contributed by atoms with Gasteiger partial charge < -0.3 is 20.8 Å². The highest BCUT2D eigenvalue weighted by atomic mass is 19.1. The predicted octanol–water partition coefficient (Wildman–Crippen LogP) is 2.78. The minimum atomic E-state index is -1.17. The van der Waals surface area contributed by atoms with Crippen LogP contribution in [0.3, 0.4) is 0 Å². The van der Waals surface area contributed by atoms with Gasteiger partial charge in [-0.2, -0.15) is 0 Å². The van der Waals surface area contributed by atoms with Gasteiger partial charge in [0.25, 0.3) is 5.91 Å². The molecule has 1 fully saturated rings. The van der Waals surface area contributed by atoms with Gasteiger partial charge in [0.05, 0.1) is 40.5 Å². The van der Waals surface area contributed by atoms with Crippen molar-refractivity contribution < 1.29 is 18.8 Å². The quantitative estimate of drug-likeness (QED) is 0.393. The molecule has 4 N–H and O–H groups in total. The second kappa shape index (κ2) is 7.13. The zero-order valence-corrected chi connectivity index (χ0v) is 15.3. The van der Waals surface area contributed by atoms with Crippen molar-refractivity contribution >= 4 is 28.3 Å². The fourth-order valence-corrected chi connectivity index (χ4v) is 3.76. The van der Waals surface area contributed by atoms with Gasteiger partial charge in [0, 0.05) is 6.61 Å². The fourth-order valence-electron chi connectivity index (χ4n) is 3.76. The summed E-state index contributed by atoms with van der Waals surface area (Å²) < 4.78 is 22.0. The number of imidazole rings is 1. The minimum absolute atomic E-state index is 0.0487. The molecule has 1 amide bonds. The van der Waals surface area contributed by atoms with E-state index in [-0.39, 0.29) is 11.6 Å². The van der Waals surface area contributed by atoms with Gasteiger partial charge in [0.1, 0.15) is 17.1 Å². The molecule has 4 rings (SSSR count). The van der Waals surface area contributed by atoms with Crippen LogP contribution in [0.4, 0.5) is 15.8 Å². The third-order valence-corrected chi connectivity index (χ3v) is 5.13. The van der Waals surface area contributed by atoms with E-state index >= 15 is 0 Å². The Bertz CT molecular complexity index is 1140. The number of hydrogen-bond donors (Lipinski definition) is 2. The molecule has 2 heterocycles. The normalized spacial score (nSPS) is 16.8. The van der Waals surface area contributed by atoms with E-state index in [2.05, 4.69) is 4.98 Å². The number of benzene rings is 2. The second-order valence-electron chi connectivity index (χ2n) is 6.89. The highest BCUT2D eigenvalue weighted by Gasteiger charge is 2.28. The fraction of sp³-hybridized carbons (Fsp3) is 0.263. The lowest BCUT2D eigenvalue weighted by Crippen LogP contribution is -2.20. The van der Waals surface area contributed by atoms with Gasteiger partial charge >= 0.3 is 5.69 Å². The number of carbonyl (C=O) groups is 1. The van der Waals surface area contributed by atoms with E-state index in [1.807, 2.05) is 4.57 Å². The number of carbonyl (C=O) groups excluding carboxylic acids is 1. The average molecular weight is 399 g/mol. The molecule has 150 valence electrons. The van der Waals surface area contributed by atoms with Crippen LogP contribution < -0.4 is 11.5 Å². The van der Waals surface area contributed by atoms with E-state index < -0.39 is 33.6 Å². The van der Waals surface area contributed by atoms with Crippen LogP contribution in [-0.2, 0) is 4.74 Å². The summed E-state index contributed by atoms with van der Waals surface area (Å²) in [5, 5.41) is 11.6. The Morgan fingerprint density at radius 2 is 2.17 bits per heavy atom. The lowest BCUT2D eigenvalue weighted by molar-refractivity contribution is -0.383. The Morgan fingerprint density at radius 3 is 2.83 bits per heavy atom. The number of nitrogens with two attached hydrogens (primary N) is 2. The van der Waals surface area contributed by atoms with Crippen molar-refractivity contribution in [3.05, 3.63) is 52.1 Å². The molecule has 1 aliphatic rings. The lowest BCUT2D eigenvalue weighted by Gasteiger charge is -2.23. The van der Waals surface area contributed by atoms with Crippen LogP contribution >= 0.6 is 0 Å². The monoisotopic (exact) mass is 399 g/mol. The van der Waals surface area contributed by atoms with Crippen LogP contribution in [0.1, 0.15) is 29.2 Å². The standard InChI is InChI=1S/C19H18FN5O4/c20-13-7-12(18(25(27)28)17(21)16(13)19(22)26)10-3-4-15-14(6-10)23-9-24(15)11-2-1-5-29-8-11/h3-4,6-7,9,11H,1-2,5,8,21H2,(H2,22,26). The Morgan fingerprint density at radius 1 is 1.38 bits per heavy atom. The Hall–Kier alpha value is -3.53. The number of rotatable bonds is 4. The molecule has 0 aliphatic carbocycles. The molecule has 0 radical (unpaired) electrons. The smallest absolute Gasteiger partial charge is 0.300 e. The first-order valence-electron chi connectivity index (χ1n) is 8.99. The van der Waals surface area contributed by atoms with Gasteiger partial charge in [-0.15, -0.1) is 0 Å². The third kappa shape index (κ3) is 3.17. The van der Waals surface area contributed by atoms with Crippen molar-refractivity contribution in [2.45, 2.75) is 18.9 Å². The largest absolute Gasteiger partial charge is 0.392 e. The molecular weight excluding hydrogens is 381 g/mol. The van der Waals surface area contributed by atoms with Crippen LogP contribution in [0.15, 0.2) is 30.6 Å². The van der Waals surface area contributed by atoms with E-state index in [9.17, 15) is 19.3 Å². The zero-order chi connectivity index (χ0) is 20.7. The van der Waals surface area contributed by atoms with Gasteiger partial charge in [-0.25, -0.2) is 9.37 Å². The molecule has 1 aliphatic heterocycles. The number of hydrogen-bond acceptors (Lipinski definition) is 6. The summed E-state index contributed by atoms with van der Waals surface area (Å²) in [6.45, 7) is 1.33. The first-order chi connectivity index (χ1) is 13.9. The van der Waals surface area contributed by atoms with Crippen molar-refractivity contribution in [2.24, 2.45) is 5.73 Å². The highest BCUT2D eigenvalue weighted by molar-refractivity contribution is 6.03. The summed E-state index contributed by atoms with van der Waals surface area (Å²) in [4.78, 5) is 26.7. The molecule has 1 saturated heterocycles. The topological polar surface area (TPSA) is 139 Å². The second-order valence-corrected chi connectivity index (χ2v) is 6.89. The lowest BCUT2D eigenvalue weighted by atomic mass is 9.98. The number of fused-ring (bicyclic) bond motifs is 1. The molecule has 1 unspecified atom stereocenters. The number of nitro groups is 1. The van der Waals surface area contributed by atoms with Crippen LogP contribution in [0.5, 0.6) is 0 Å². The summed E-state index contributed by atoms with van der Waals surface area (Å²) in [6, 6.07) is 6.10. The summed E-state index contributed by atoms with van der Waals surface area (Å²) >= 11 is 0. The molecule has 0 bridgehead atoms. The maximum absolute atomic E-state index is 14.4. The van der Waals surface area contributed by atoms with Crippen molar-refractivity contribution in [3.63, 3.8) is 0 Å². The van der Waals surface area contributed by atoms with E-state index in [1.54, 1.807) is 24.5 Å². The molecule has 2 aromatic carbocycles. The molecule has 1 atom stereocenters. The number of nitrogen functional groups attached to an aromatic ring is 1. The van der Waals surface area contributed by atoms with Crippen molar-refractivity contribution in [2.75, 3.05) is 18.9 Å². The summed E-state index contributed by atoms with van der Waals surface area (Å²) in [5.74, 6) is -2.18. The number of ether oxygens (including phenoxy) is 1. The molecule has 29 heavy (non-hydrogen) atoms. The number of nitro benzene ring substituents is 1. The maximum atomic E-state index is 14.4. The first-order valence-corrected chi connectivity index (χ1v) is 8.99. The molecule has 0 saturated carbocycles. The minimum Gasteiger partial charge on any atom is -0.392 e. The summed E-state index contributed by atoms with van der Waals surface area (Å²) in [6.07, 6.45) is 3.63. The predicted molar refractivity (Wildman–Crippen MR) is 104 cm³/mol. The van der Waals surface area contributed by atoms with Crippen LogP contribution in [-0.4, -0.2) is 33.6 Å². The van der Waals surface area contributed by atoms with Crippen molar-refractivity contribution in [1.82, 2.24) is 9.55 Å². The van der Waals surface area contributed by atoms with Gasteiger partial charge in [-0.1, -0.05) is 6.07 Å². The number of nitrogens with zero attached hydrogens (tertiary/aromatic N) is 3. The van der Waals surface area contributed by atoms with E-state index in [0.29, 0.717) is 17.7 Å². The van der Waals surface area contributed by atoms with Gasteiger partial charge in [0.2, 0.25) is 0 Å². The first kappa shape index (κ1) is 18.8. The molecule has 3 aromatic rings. The third-order valence-electron chi connectivity index (χ3n) is 5.13. The van der Waals surface area contributed by atoms with Crippen LogP contribution in [0, 0.1) is 15.9 Å². The van der Waals surface area contributed by atoms with Crippen molar-refractivity contribution in [3.8, 4) is 11.1 Å². The molecule has 1 aromatic heterocycles. The number of primary amides is 1. The van der Waals surface area contributed by atoms with Crippen molar-refractivity contribution in [1.29, 1.82) is 0 Å². The van der Waals surface area contributed by atoms with Gasteiger partial charge in [-0.05, 0) is 36.6 Å². The molecule has 10 heteroatoms. The SMILES string of the molecule is NC(=O)c1c(F)cc(-c2ccc3c(c2)ncn3C2CCCOC2)c([N+](=O)[O-])c1N. The highest BCUT2D eigenvalue weighted by Crippen LogP contribution is 2.39. The Balaban J connectivity index is 1.85. The van der Waals surface area contributed by atoms with E-state index in [4.69, 9.17) is 16.2 Å². The van der Waals surface area contributed by atoms with E-state index in [0.717, 1.165) is 31.0 Å². The Kier molecular flexibility index (Phi) is 4.63. The summed E-state index contributed by atoms with van der Waals surface area (Å²) in [5.41, 5.74) is 10.7. The number of aromatic nitrogens is 2. The Labute approximate surface area is 164 Å². The number of halogens is 1. The maximum Gasteiger partial charge on any atom is 0.300 e. The van der Waals surface area contributed by atoms with Gasteiger partial charge in [0.15, 0.2) is 0 Å². The average Bonchev–Trinajstić information content (AvgIpc) is 3.10. The van der Waals surface area contributed by atoms with Crippen LogP contribution in [0.2, 0.25) is 0 Å². The molecule has 0 spiro atoms. The number of amides is 1. The molecular formula is C19H18FN5O4. The summed E-state index contributed by atoms with van der Waals surface area (Å²) in [7, 11) is 0. The van der Waals surface area contributed by atoms with E-state index in [1.165, 1.54) is 0 Å². The molecule has 9 nitrogen and oxygen atoms in total.